The van der Waals surface area contributed by atoms with E-state index >= 15 is 0 Å². The van der Waals surface area contributed by atoms with Gasteiger partial charge in [0.2, 0.25) is 0 Å². The van der Waals surface area contributed by atoms with Crippen LogP contribution in [-0.4, -0.2) is 21.3 Å². The molecule has 2 aromatic rings. The van der Waals surface area contributed by atoms with E-state index in [0.29, 0.717) is 6.54 Å². The zero-order valence-corrected chi connectivity index (χ0v) is 8.20. The van der Waals surface area contributed by atoms with Crippen LogP contribution in [0.4, 0.5) is 0 Å². The van der Waals surface area contributed by atoms with Crippen molar-refractivity contribution in [3.8, 4) is 11.4 Å². The van der Waals surface area contributed by atoms with Crippen LogP contribution in [0.3, 0.4) is 0 Å². The third kappa shape index (κ3) is 1.56. The summed E-state index contributed by atoms with van der Waals surface area (Å²) in [6.45, 7) is 0.652. The topological polar surface area (TPSA) is 59.6 Å². The molecule has 74 valence electrons. The molecule has 3 N–H and O–H groups in total. The Morgan fingerprint density at radius 2 is 2.43 bits per heavy atom. The van der Waals surface area contributed by atoms with Crippen LogP contribution in [0.15, 0.2) is 24.5 Å². The number of hydrogen-bond donors (Lipinski definition) is 2. The summed E-state index contributed by atoms with van der Waals surface area (Å²) in [6.07, 6.45) is 4.78. The molecule has 0 fully saturated rings. The predicted octanol–water partition coefficient (Wildman–Crippen LogP) is 0.916. The summed E-state index contributed by atoms with van der Waals surface area (Å²) in [5.41, 5.74) is 8.79. The van der Waals surface area contributed by atoms with Crippen molar-refractivity contribution in [1.29, 1.82) is 0 Å². The van der Waals surface area contributed by atoms with Crippen LogP contribution < -0.4 is 5.73 Å². The molecule has 0 bridgehead atoms. The van der Waals surface area contributed by atoms with Gasteiger partial charge in [0.05, 0.1) is 5.69 Å². The molecule has 14 heavy (non-hydrogen) atoms. The zero-order chi connectivity index (χ0) is 9.97. The maximum Gasteiger partial charge on any atom is 0.112 e. The van der Waals surface area contributed by atoms with E-state index in [1.54, 1.807) is 0 Å². The van der Waals surface area contributed by atoms with Crippen LogP contribution in [0, 0.1) is 0 Å². The Balaban J connectivity index is 2.41. The van der Waals surface area contributed by atoms with E-state index in [9.17, 15) is 0 Å². The van der Waals surface area contributed by atoms with E-state index in [4.69, 9.17) is 5.73 Å². The van der Waals surface area contributed by atoms with Crippen molar-refractivity contribution in [3.05, 3.63) is 30.1 Å². The van der Waals surface area contributed by atoms with Crippen LogP contribution in [0.1, 0.15) is 5.56 Å². The molecule has 4 nitrogen and oxygen atoms in total. The van der Waals surface area contributed by atoms with Gasteiger partial charge in [-0.15, -0.1) is 0 Å². The minimum absolute atomic E-state index is 0.652. The molecule has 0 aliphatic heterocycles. The number of aryl methyl sites for hydroxylation is 1. The smallest absolute Gasteiger partial charge is 0.112 e. The lowest BCUT2D eigenvalue weighted by Gasteiger charge is -1.96. The number of hydrogen-bond acceptors (Lipinski definition) is 2. The average molecular weight is 190 g/mol. The number of aromatic nitrogens is 3. The van der Waals surface area contributed by atoms with Crippen molar-refractivity contribution in [2.75, 3.05) is 6.54 Å². The van der Waals surface area contributed by atoms with E-state index in [1.807, 2.05) is 36.3 Å². The summed E-state index contributed by atoms with van der Waals surface area (Å²) in [7, 11) is 1.92. The van der Waals surface area contributed by atoms with Crippen LogP contribution in [0.25, 0.3) is 11.4 Å². The third-order valence-corrected chi connectivity index (χ3v) is 2.17. The molecule has 2 rings (SSSR count). The monoisotopic (exact) mass is 190 g/mol. The highest BCUT2D eigenvalue weighted by atomic mass is 15.3. The number of nitrogens with one attached hydrogen (secondary N) is 1. The second kappa shape index (κ2) is 3.67. The zero-order valence-electron chi connectivity index (χ0n) is 8.20. The Labute approximate surface area is 82.7 Å². The van der Waals surface area contributed by atoms with Gasteiger partial charge in [-0.25, -0.2) is 0 Å². The van der Waals surface area contributed by atoms with Gasteiger partial charge in [0.1, 0.15) is 5.69 Å². The summed E-state index contributed by atoms with van der Waals surface area (Å²) < 4.78 is 1.82. The largest absolute Gasteiger partial charge is 0.360 e. The number of nitrogens with two attached hydrogens (primary N) is 1. The summed E-state index contributed by atoms with van der Waals surface area (Å²) in [6, 6.07) is 3.98. The molecule has 2 aromatic heterocycles. The van der Waals surface area contributed by atoms with Crippen molar-refractivity contribution < 1.29 is 0 Å². The molecule has 0 saturated carbocycles. The fraction of sp³-hybridized carbons (Fsp3) is 0.300. The molecule has 0 amide bonds. The lowest BCUT2D eigenvalue weighted by Crippen LogP contribution is -2.02. The molecule has 4 heteroatoms. The number of aromatic amines is 1. The van der Waals surface area contributed by atoms with E-state index in [2.05, 4.69) is 10.1 Å². The molecule has 0 unspecified atom stereocenters. The molecular weight excluding hydrogens is 176 g/mol. The van der Waals surface area contributed by atoms with E-state index < -0.39 is 0 Å². The van der Waals surface area contributed by atoms with E-state index in [1.165, 1.54) is 5.56 Å². The van der Waals surface area contributed by atoms with Crippen molar-refractivity contribution >= 4 is 0 Å². The van der Waals surface area contributed by atoms with Crippen LogP contribution in [0.5, 0.6) is 0 Å². The first kappa shape index (κ1) is 9.02. The standard InChI is InChI=1S/C10H14N4/c1-14-7-8(4-5-11)10(13-14)9-3-2-6-12-9/h2-3,6-7,12H,4-5,11H2,1H3. The molecular formula is C10H14N4. The first-order valence-electron chi connectivity index (χ1n) is 4.67. The van der Waals surface area contributed by atoms with E-state index in [-0.39, 0.29) is 0 Å². The maximum absolute atomic E-state index is 5.54. The predicted molar refractivity (Wildman–Crippen MR) is 55.8 cm³/mol. The van der Waals surface area contributed by atoms with Gasteiger partial charge in [-0.3, -0.25) is 4.68 Å². The average Bonchev–Trinajstić information content (AvgIpc) is 2.74. The highest BCUT2D eigenvalue weighted by molar-refractivity contribution is 5.58. The highest BCUT2D eigenvalue weighted by Gasteiger charge is 2.09. The lowest BCUT2D eigenvalue weighted by atomic mass is 10.1. The second-order valence-corrected chi connectivity index (χ2v) is 3.30. The molecule has 0 aromatic carbocycles. The molecule has 0 radical (unpaired) electrons. The van der Waals surface area contributed by atoms with Gasteiger partial charge in [0.25, 0.3) is 0 Å². The van der Waals surface area contributed by atoms with Crippen LogP contribution in [0.2, 0.25) is 0 Å². The Kier molecular flexibility index (Phi) is 2.37. The van der Waals surface area contributed by atoms with Gasteiger partial charge in [0.15, 0.2) is 0 Å². The first-order valence-corrected chi connectivity index (χ1v) is 4.67. The summed E-state index contributed by atoms with van der Waals surface area (Å²) >= 11 is 0. The number of H-pyrrole nitrogens is 1. The third-order valence-electron chi connectivity index (χ3n) is 2.17. The van der Waals surface area contributed by atoms with Gasteiger partial charge < -0.3 is 10.7 Å². The Hall–Kier alpha value is -1.55. The Morgan fingerprint density at radius 3 is 3.07 bits per heavy atom. The van der Waals surface area contributed by atoms with Crippen molar-refractivity contribution in [3.63, 3.8) is 0 Å². The fourth-order valence-corrected chi connectivity index (χ4v) is 1.58. The van der Waals surface area contributed by atoms with Gasteiger partial charge in [-0.1, -0.05) is 0 Å². The van der Waals surface area contributed by atoms with Crippen LogP contribution >= 0.6 is 0 Å². The summed E-state index contributed by atoms with van der Waals surface area (Å²) in [5, 5.41) is 4.40. The van der Waals surface area contributed by atoms with Gasteiger partial charge >= 0.3 is 0 Å². The van der Waals surface area contributed by atoms with Crippen LogP contribution in [-0.2, 0) is 13.5 Å². The molecule has 2 heterocycles. The SMILES string of the molecule is Cn1cc(CCN)c(-c2ccc[nH]2)n1. The second-order valence-electron chi connectivity index (χ2n) is 3.30. The van der Waals surface area contributed by atoms with Crippen molar-refractivity contribution in [2.24, 2.45) is 12.8 Å². The minimum Gasteiger partial charge on any atom is -0.360 e. The molecule has 0 atom stereocenters. The Bertz CT molecular complexity index is 400. The van der Waals surface area contributed by atoms with Gasteiger partial charge in [0, 0.05) is 25.0 Å². The summed E-state index contributed by atoms with van der Waals surface area (Å²) in [4.78, 5) is 3.15. The molecule has 0 aliphatic carbocycles. The van der Waals surface area contributed by atoms with Crippen molar-refractivity contribution in [1.82, 2.24) is 14.8 Å². The number of rotatable bonds is 3. The summed E-state index contributed by atoms with van der Waals surface area (Å²) in [5.74, 6) is 0. The lowest BCUT2D eigenvalue weighted by molar-refractivity contribution is 0.768. The molecule has 0 spiro atoms. The molecule has 0 saturated heterocycles. The van der Waals surface area contributed by atoms with Crippen molar-refractivity contribution in [2.45, 2.75) is 6.42 Å². The molecule has 0 aliphatic rings. The highest BCUT2D eigenvalue weighted by Crippen LogP contribution is 2.19. The fourth-order valence-electron chi connectivity index (χ4n) is 1.58. The van der Waals surface area contributed by atoms with Gasteiger partial charge in [-0.05, 0) is 25.1 Å². The number of nitrogens with zero attached hydrogens (tertiary/aromatic N) is 2. The minimum atomic E-state index is 0.652. The van der Waals surface area contributed by atoms with Gasteiger partial charge in [-0.2, -0.15) is 5.10 Å². The van der Waals surface area contributed by atoms with E-state index in [0.717, 1.165) is 17.8 Å². The normalized spacial score (nSPS) is 10.7. The Morgan fingerprint density at radius 1 is 1.57 bits per heavy atom. The first-order chi connectivity index (χ1) is 6.81. The maximum atomic E-state index is 5.54. The quantitative estimate of drug-likeness (QED) is 0.756.